The van der Waals surface area contributed by atoms with Crippen molar-refractivity contribution >= 4 is 15.9 Å². The smallest absolute Gasteiger partial charge is 0.0587 e. The molecule has 0 aliphatic carbocycles. The average Bonchev–Trinajstić information content (AvgIpc) is 2.38. The zero-order valence-electron chi connectivity index (χ0n) is 8.88. The van der Waals surface area contributed by atoms with E-state index in [1.807, 2.05) is 12.3 Å². The van der Waals surface area contributed by atoms with E-state index in [0.717, 1.165) is 18.5 Å². The summed E-state index contributed by atoms with van der Waals surface area (Å²) >= 11 is 3.70. The Morgan fingerprint density at radius 2 is 1.94 bits per heavy atom. The maximum absolute atomic E-state index is 4.26. The summed E-state index contributed by atoms with van der Waals surface area (Å²) in [6.45, 7) is 0. The van der Waals surface area contributed by atoms with Crippen LogP contribution in [0.4, 0.5) is 0 Å². The van der Waals surface area contributed by atoms with E-state index in [4.69, 9.17) is 0 Å². The molecule has 1 heterocycles. The maximum Gasteiger partial charge on any atom is 0.0587 e. The molecule has 0 radical (unpaired) electrons. The van der Waals surface area contributed by atoms with Gasteiger partial charge in [-0.2, -0.15) is 0 Å². The largest absolute Gasteiger partial charge is 0.261 e. The van der Waals surface area contributed by atoms with Crippen molar-refractivity contribution in [1.29, 1.82) is 0 Å². The van der Waals surface area contributed by atoms with E-state index in [9.17, 15) is 0 Å². The average molecular weight is 277 g/mol. The molecule has 0 amide bonds. The van der Waals surface area contributed by atoms with E-state index >= 15 is 0 Å². The molecule has 1 aromatic heterocycles. The Bertz CT molecular complexity index is 416. The van der Waals surface area contributed by atoms with Crippen LogP contribution in [-0.4, -0.2) is 9.97 Å². The lowest BCUT2D eigenvalue weighted by molar-refractivity contribution is 0.787. The highest BCUT2D eigenvalue weighted by atomic mass is 79.9. The summed E-state index contributed by atoms with van der Waals surface area (Å²) < 4.78 is 0. The van der Waals surface area contributed by atoms with Gasteiger partial charge in [-0.25, -0.2) is 0 Å². The van der Waals surface area contributed by atoms with E-state index in [-0.39, 0.29) is 0 Å². The molecular formula is C13H13BrN2. The summed E-state index contributed by atoms with van der Waals surface area (Å²) in [4.78, 5) is 8.70. The Balaban J connectivity index is 1.92. The summed E-state index contributed by atoms with van der Waals surface area (Å²) in [5, 5.41) is 0. The zero-order valence-corrected chi connectivity index (χ0v) is 10.5. The number of alkyl halides is 1. The van der Waals surface area contributed by atoms with Crippen LogP contribution in [0, 0.1) is 0 Å². The monoisotopic (exact) mass is 276 g/mol. The standard InChI is InChI=1S/C13H13BrN2/c14-13(11-4-2-1-3-5-11)7-6-12-10-15-8-9-16-12/h1-5,8-10,13H,6-7H2. The highest BCUT2D eigenvalue weighted by molar-refractivity contribution is 9.09. The van der Waals surface area contributed by atoms with E-state index in [2.05, 4.69) is 50.2 Å². The zero-order chi connectivity index (χ0) is 11.2. The van der Waals surface area contributed by atoms with Crippen LogP contribution in [0.25, 0.3) is 0 Å². The Morgan fingerprint density at radius 1 is 1.12 bits per heavy atom. The van der Waals surface area contributed by atoms with Crippen LogP contribution in [0.5, 0.6) is 0 Å². The third-order valence-electron chi connectivity index (χ3n) is 2.43. The van der Waals surface area contributed by atoms with Crippen molar-refractivity contribution in [3.8, 4) is 0 Å². The Hall–Kier alpha value is -1.22. The third kappa shape index (κ3) is 3.14. The fourth-order valence-corrected chi connectivity index (χ4v) is 2.10. The number of rotatable bonds is 4. The molecule has 1 atom stereocenters. The van der Waals surface area contributed by atoms with Gasteiger partial charge in [0.05, 0.1) is 5.69 Å². The van der Waals surface area contributed by atoms with E-state index in [1.165, 1.54) is 5.56 Å². The molecule has 0 spiro atoms. The fourth-order valence-electron chi connectivity index (χ4n) is 1.56. The number of aryl methyl sites for hydroxylation is 1. The number of benzene rings is 1. The van der Waals surface area contributed by atoms with Crippen LogP contribution in [0.2, 0.25) is 0 Å². The van der Waals surface area contributed by atoms with Crippen molar-refractivity contribution in [1.82, 2.24) is 9.97 Å². The van der Waals surface area contributed by atoms with Crippen LogP contribution in [0.15, 0.2) is 48.9 Å². The fraction of sp³-hybridized carbons (Fsp3) is 0.231. The molecule has 0 aliphatic heterocycles. The minimum Gasteiger partial charge on any atom is -0.261 e. The maximum atomic E-state index is 4.26. The van der Waals surface area contributed by atoms with Gasteiger partial charge in [0, 0.05) is 23.4 Å². The summed E-state index contributed by atoms with van der Waals surface area (Å²) in [6, 6.07) is 10.4. The van der Waals surface area contributed by atoms with Crippen molar-refractivity contribution in [2.75, 3.05) is 0 Å². The van der Waals surface area contributed by atoms with Crippen LogP contribution in [-0.2, 0) is 6.42 Å². The number of hydrogen-bond acceptors (Lipinski definition) is 2. The molecule has 0 bridgehead atoms. The van der Waals surface area contributed by atoms with Gasteiger partial charge in [0.2, 0.25) is 0 Å². The van der Waals surface area contributed by atoms with Gasteiger partial charge in [-0.15, -0.1) is 0 Å². The van der Waals surface area contributed by atoms with Crippen LogP contribution in [0.1, 0.15) is 22.5 Å². The minimum absolute atomic E-state index is 0.385. The van der Waals surface area contributed by atoms with Gasteiger partial charge in [-0.05, 0) is 18.4 Å². The molecule has 0 saturated heterocycles. The van der Waals surface area contributed by atoms with Gasteiger partial charge < -0.3 is 0 Å². The predicted octanol–water partition coefficient (Wildman–Crippen LogP) is 3.55. The molecule has 3 heteroatoms. The first kappa shape index (κ1) is 11.3. The van der Waals surface area contributed by atoms with Crippen LogP contribution in [0.3, 0.4) is 0 Å². The van der Waals surface area contributed by atoms with Gasteiger partial charge >= 0.3 is 0 Å². The number of hydrogen-bond donors (Lipinski definition) is 0. The first-order valence-electron chi connectivity index (χ1n) is 5.30. The van der Waals surface area contributed by atoms with Gasteiger partial charge in [-0.1, -0.05) is 46.3 Å². The first-order chi connectivity index (χ1) is 7.86. The Kier molecular flexibility index (Phi) is 4.05. The lowest BCUT2D eigenvalue weighted by Crippen LogP contribution is -1.95. The second-order valence-electron chi connectivity index (χ2n) is 3.61. The molecule has 0 fully saturated rings. The minimum atomic E-state index is 0.385. The number of nitrogens with zero attached hydrogens (tertiary/aromatic N) is 2. The van der Waals surface area contributed by atoms with Gasteiger partial charge in [0.25, 0.3) is 0 Å². The van der Waals surface area contributed by atoms with Gasteiger partial charge in [0.1, 0.15) is 0 Å². The summed E-state index contributed by atoms with van der Waals surface area (Å²) in [6.07, 6.45) is 7.24. The summed E-state index contributed by atoms with van der Waals surface area (Å²) in [5.41, 5.74) is 2.36. The summed E-state index contributed by atoms with van der Waals surface area (Å²) in [5.74, 6) is 0. The number of halogens is 1. The van der Waals surface area contributed by atoms with E-state index in [1.54, 1.807) is 12.4 Å². The van der Waals surface area contributed by atoms with Crippen LogP contribution < -0.4 is 0 Å². The van der Waals surface area contributed by atoms with E-state index < -0.39 is 0 Å². The van der Waals surface area contributed by atoms with Crippen molar-refractivity contribution in [3.63, 3.8) is 0 Å². The lowest BCUT2D eigenvalue weighted by Gasteiger charge is -2.09. The molecule has 0 N–H and O–H groups in total. The molecule has 0 saturated carbocycles. The second-order valence-corrected chi connectivity index (χ2v) is 4.72. The molecule has 2 nitrogen and oxygen atoms in total. The summed E-state index contributed by atoms with van der Waals surface area (Å²) in [7, 11) is 0. The van der Waals surface area contributed by atoms with Crippen LogP contribution >= 0.6 is 15.9 Å². The molecule has 1 aromatic carbocycles. The molecular weight excluding hydrogens is 264 g/mol. The van der Waals surface area contributed by atoms with E-state index in [0.29, 0.717) is 4.83 Å². The lowest BCUT2D eigenvalue weighted by atomic mass is 10.1. The topological polar surface area (TPSA) is 25.8 Å². The third-order valence-corrected chi connectivity index (χ3v) is 3.42. The molecule has 0 aliphatic rings. The van der Waals surface area contributed by atoms with Crippen molar-refractivity contribution in [2.24, 2.45) is 0 Å². The highest BCUT2D eigenvalue weighted by Crippen LogP contribution is 2.27. The van der Waals surface area contributed by atoms with Crippen molar-refractivity contribution < 1.29 is 0 Å². The second kappa shape index (κ2) is 5.75. The Labute approximate surface area is 104 Å². The molecule has 16 heavy (non-hydrogen) atoms. The molecule has 2 aromatic rings. The van der Waals surface area contributed by atoms with Gasteiger partial charge in [-0.3, -0.25) is 9.97 Å². The van der Waals surface area contributed by atoms with Gasteiger partial charge in [0.15, 0.2) is 0 Å². The molecule has 2 rings (SSSR count). The van der Waals surface area contributed by atoms with Crippen molar-refractivity contribution in [3.05, 3.63) is 60.2 Å². The number of aromatic nitrogens is 2. The predicted molar refractivity (Wildman–Crippen MR) is 68.5 cm³/mol. The highest BCUT2D eigenvalue weighted by Gasteiger charge is 2.07. The normalized spacial score (nSPS) is 12.3. The first-order valence-corrected chi connectivity index (χ1v) is 6.22. The van der Waals surface area contributed by atoms with Crippen molar-refractivity contribution in [2.45, 2.75) is 17.7 Å². The SMILES string of the molecule is BrC(CCc1cnccn1)c1ccccc1. The quantitative estimate of drug-likeness (QED) is 0.799. The molecule has 1 unspecified atom stereocenters. The molecule has 82 valence electrons. The Morgan fingerprint density at radius 3 is 2.62 bits per heavy atom.